The van der Waals surface area contributed by atoms with Crippen LogP contribution in [0.25, 0.3) is 0 Å². The second-order valence-corrected chi connectivity index (χ2v) is 4.65. The third kappa shape index (κ3) is 2.82. The minimum Gasteiger partial charge on any atom is -0.502 e. The van der Waals surface area contributed by atoms with Gasteiger partial charge in [0.05, 0.1) is 14.2 Å². The highest BCUT2D eigenvalue weighted by molar-refractivity contribution is 5.54. The minimum absolute atomic E-state index is 0.0299. The van der Waals surface area contributed by atoms with Gasteiger partial charge in [-0.2, -0.15) is 0 Å². The van der Waals surface area contributed by atoms with Crippen molar-refractivity contribution in [2.45, 2.75) is 25.7 Å². The lowest BCUT2D eigenvalue weighted by atomic mass is 9.81. The van der Waals surface area contributed by atoms with Crippen molar-refractivity contribution in [3.63, 3.8) is 0 Å². The molecule has 4 nitrogen and oxygen atoms in total. The Bertz CT molecular complexity index is 363. The zero-order valence-corrected chi connectivity index (χ0v) is 10.9. The molecule has 0 heterocycles. The molecule has 0 bridgehead atoms. The van der Waals surface area contributed by atoms with Crippen LogP contribution >= 0.6 is 0 Å². The number of methoxy groups -OCH3 is 2. The number of benzene rings is 1. The molecule has 1 aromatic rings. The highest BCUT2D eigenvalue weighted by atomic mass is 16.5. The second kappa shape index (κ2) is 5.27. The van der Waals surface area contributed by atoms with Crippen LogP contribution in [0.2, 0.25) is 0 Å². The maximum absolute atomic E-state index is 9.83. The fraction of sp³-hybridized carbons (Fsp3) is 0.538. The molecular weight excluding hydrogens is 218 g/mol. The van der Waals surface area contributed by atoms with Gasteiger partial charge in [-0.3, -0.25) is 0 Å². The van der Waals surface area contributed by atoms with Gasteiger partial charge < -0.3 is 20.3 Å². The molecule has 3 N–H and O–H groups in total. The van der Waals surface area contributed by atoms with Crippen molar-refractivity contribution >= 4 is 0 Å². The van der Waals surface area contributed by atoms with Crippen molar-refractivity contribution in [1.29, 1.82) is 0 Å². The molecule has 0 aliphatic carbocycles. The standard InChI is InChI=1S/C13H21NO3/c1-13(2,5-6-14)9-7-10(16-3)12(15)11(8-9)17-4/h7-8,15H,5-6,14H2,1-4H3. The summed E-state index contributed by atoms with van der Waals surface area (Å²) in [6.45, 7) is 4.81. The molecular formula is C13H21NO3. The predicted octanol–water partition coefficient (Wildman–Crippen LogP) is 2.04. The number of phenolic OH excluding ortho intramolecular Hbond substituents is 1. The number of rotatable bonds is 5. The number of aromatic hydroxyl groups is 1. The summed E-state index contributed by atoms with van der Waals surface area (Å²) in [5.74, 6) is 0.871. The summed E-state index contributed by atoms with van der Waals surface area (Å²) in [7, 11) is 3.04. The third-order valence-corrected chi connectivity index (χ3v) is 3.03. The van der Waals surface area contributed by atoms with E-state index in [2.05, 4.69) is 13.8 Å². The summed E-state index contributed by atoms with van der Waals surface area (Å²) < 4.78 is 10.3. The van der Waals surface area contributed by atoms with Crippen LogP contribution in [-0.2, 0) is 5.41 Å². The van der Waals surface area contributed by atoms with Gasteiger partial charge in [-0.05, 0) is 36.1 Å². The first-order valence-corrected chi connectivity index (χ1v) is 5.61. The Hall–Kier alpha value is -1.42. The molecule has 0 saturated carbocycles. The number of ether oxygens (including phenoxy) is 2. The smallest absolute Gasteiger partial charge is 0.200 e. The van der Waals surface area contributed by atoms with Crippen LogP contribution in [0.5, 0.6) is 17.2 Å². The Morgan fingerprint density at radius 2 is 1.65 bits per heavy atom. The molecule has 0 fully saturated rings. The molecule has 96 valence electrons. The van der Waals surface area contributed by atoms with Crippen molar-refractivity contribution in [3.8, 4) is 17.2 Å². The molecule has 1 rings (SSSR count). The van der Waals surface area contributed by atoms with Gasteiger partial charge in [-0.25, -0.2) is 0 Å². The summed E-state index contributed by atoms with van der Waals surface area (Å²) >= 11 is 0. The maximum atomic E-state index is 9.83. The first-order chi connectivity index (χ1) is 7.96. The molecule has 17 heavy (non-hydrogen) atoms. The van der Waals surface area contributed by atoms with Crippen LogP contribution in [-0.4, -0.2) is 25.9 Å². The molecule has 0 aliphatic heterocycles. The van der Waals surface area contributed by atoms with E-state index in [0.29, 0.717) is 18.0 Å². The Morgan fingerprint density at radius 3 is 2.00 bits per heavy atom. The predicted molar refractivity (Wildman–Crippen MR) is 67.9 cm³/mol. The van der Waals surface area contributed by atoms with Crippen molar-refractivity contribution < 1.29 is 14.6 Å². The van der Waals surface area contributed by atoms with E-state index in [0.717, 1.165) is 12.0 Å². The van der Waals surface area contributed by atoms with Gasteiger partial charge in [0, 0.05) is 0 Å². The minimum atomic E-state index is -0.0803. The third-order valence-electron chi connectivity index (χ3n) is 3.03. The zero-order valence-electron chi connectivity index (χ0n) is 10.9. The first-order valence-electron chi connectivity index (χ1n) is 5.61. The van der Waals surface area contributed by atoms with Gasteiger partial charge in [-0.1, -0.05) is 13.8 Å². The monoisotopic (exact) mass is 239 g/mol. The van der Waals surface area contributed by atoms with Gasteiger partial charge in [0.1, 0.15) is 0 Å². The molecule has 0 aliphatic rings. The lowest BCUT2D eigenvalue weighted by molar-refractivity contribution is 0.336. The molecule has 0 unspecified atom stereocenters. The van der Waals surface area contributed by atoms with Crippen molar-refractivity contribution in [2.75, 3.05) is 20.8 Å². The largest absolute Gasteiger partial charge is 0.502 e. The molecule has 0 aromatic heterocycles. The quantitative estimate of drug-likeness (QED) is 0.825. The summed E-state index contributed by atoms with van der Waals surface area (Å²) in [5, 5.41) is 9.83. The number of hydrogen-bond donors (Lipinski definition) is 2. The summed E-state index contributed by atoms with van der Waals surface area (Å²) in [4.78, 5) is 0. The Morgan fingerprint density at radius 1 is 1.18 bits per heavy atom. The fourth-order valence-corrected chi connectivity index (χ4v) is 1.79. The summed E-state index contributed by atoms with van der Waals surface area (Å²) in [6, 6.07) is 3.65. The van der Waals surface area contributed by atoms with E-state index in [1.165, 1.54) is 14.2 Å². The lowest BCUT2D eigenvalue weighted by Gasteiger charge is -2.26. The lowest BCUT2D eigenvalue weighted by Crippen LogP contribution is -2.21. The Balaban J connectivity index is 3.26. The number of nitrogens with two attached hydrogens (primary N) is 1. The van der Waals surface area contributed by atoms with Crippen LogP contribution in [0.1, 0.15) is 25.8 Å². The van der Waals surface area contributed by atoms with E-state index in [4.69, 9.17) is 15.2 Å². The van der Waals surface area contributed by atoms with Gasteiger partial charge in [0.25, 0.3) is 0 Å². The molecule has 0 saturated heterocycles. The van der Waals surface area contributed by atoms with Gasteiger partial charge in [0.2, 0.25) is 5.75 Å². The number of hydrogen-bond acceptors (Lipinski definition) is 4. The van der Waals surface area contributed by atoms with Crippen LogP contribution < -0.4 is 15.2 Å². The highest BCUT2D eigenvalue weighted by Gasteiger charge is 2.23. The second-order valence-electron chi connectivity index (χ2n) is 4.65. The molecule has 0 spiro atoms. The SMILES string of the molecule is COc1cc(C(C)(C)CCN)cc(OC)c1O. The average molecular weight is 239 g/mol. The Kier molecular flexibility index (Phi) is 4.23. The molecule has 1 aromatic carbocycles. The summed E-state index contributed by atoms with van der Waals surface area (Å²) in [5.41, 5.74) is 6.57. The van der Waals surface area contributed by atoms with Crippen LogP contribution in [0.3, 0.4) is 0 Å². The fourth-order valence-electron chi connectivity index (χ4n) is 1.79. The maximum Gasteiger partial charge on any atom is 0.200 e. The van der Waals surface area contributed by atoms with Crippen molar-refractivity contribution in [2.24, 2.45) is 5.73 Å². The molecule has 0 radical (unpaired) electrons. The topological polar surface area (TPSA) is 64.7 Å². The first kappa shape index (κ1) is 13.6. The van der Waals surface area contributed by atoms with Gasteiger partial charge in [0.15, 0.2) is 11.5 Å². The van der Waals surface area contributed by atoms with E-state index in [9.17, 15) is 5.11 Å². The van der Waals surface area contributed by atoms with Crippen molar-refractivity contribution in [3.05, 3.63) is 17.7 Å². The van der Waals surface area contributed by atoms with Gasteiger partial charge >= 0.3 is 0 Å². The van der Waals surface area contributed by atoms with Gasteiger partial charge in [-0.15, -0.1) is 0 Å². The normalized spacial score (nSPS) is 11.4. The van der Waals surface area contributed by atoms with Crippen LogP contribution in [0.4, 0.5) is 0 Å². The zero-order chi connectivity index (χ0) is 13.1. The highest BCUT2D eigenvalue weighted by Crippen LogP contribution is 2.41. The van der Waals surface area contributed by atoms with E-state index in [-0.39, 0.29) is 11.2 Å². The summed E-state index contributed by atoms with van der Waals surface area (Å²) in [6.07, 6.45) is 0.851. The molecule has 0 amide bonds. The van der Waals surface area contributed by atoms with Crippen molar-refractivity contribution in [1.82, 2.24) is 0 Å². The van der Waals surface area contributed by atoms with E-state index >= 15 is 0 Å². The Labute approximate surface area is 102 Å². The molecule has 0 atom stereocenters. The van der Waals surface area contributed by atoms with E-state index < -0.39 is 0 Å². The van der Waals surface area contributed by atoms with E-state index in [1.54, 1.807) is 0 Å². The van der Waals surface area contributed by atoms with Crippen LogP contribution in [0, 0.1) is 0 Å². The van der Waals surface area contributed by atoms with E-state index in [1.807, 2.05) is 12.1 Å². The number of phenols is 1. The van der Waals surface area contributed by atoms with Crippen LogP contribution in [0.15, 0.2) is 12.1 Å². The molecule has 4 heteroatoms. The average Bonchev–Trinajstić information content (AvgIpc) is 2.29.